The van der Waals surface area contributed by atoms with Crippen LogP contribution in [0.25, 0.3) is 0 Å². The number of hydrazone groups is 1. The van der Waals surface area contributed by atoms with Gasteiger partial charge >= 0.3 is 0 Å². The highest BCUT2D eigenvalue weighted by Crippen LogP contribution is 2.07. The molecule has 1 aromatic heterocycles. The van der Waals surface area contributed by atoms with Crippen LogP contribution < -0.4 is 5.43 Å². The van der Waals surface area contributed by atoms with Gasteiger partial charge < -0.3 is 5.11 Å². The van der Waals surface area contributed by atoms with Crippen molar-refractivity contribution in [3.8, 4) is 5.75 Å². The highest BCUT2D eigenvalue weighted by molar-refractivity contribution is 5.82. The van der Waals surface area contributed by atoms with Crippen LogP contribution in [0.15, 0.2) is 35.4 Å². The number of phenols is 1. The molecule has 0 aliphatic carbocycles. The largest absolute Gasteiger partial charge is 0.508 e. The summed E-state index contributed by atoms with van der Waals surface area (Å²) in [5.74, 6) is -0.0538. The molecule has 0 saturated heterocycles. The minimum atomic E-state index is -0.244. The Balaban J connectivity index is 1.89. The van der Waals surface area contributed by atoms with E-state index in [0.717, 1.165) is 17.0 Å². The predicted molar refractivity (Wildman–Crippen MR) is 75.5 cm³/mol. The van der Waals surface area contributed by atoms with E-state index >= 15 is 0 Å². The van der Waals surface area contributed by atoms with E-state index in [1.807, 2.05) is 19.9 Å². The first-order valence-corrected chi connectivity index (χ1v) is 6.16. The smallest absolute Gasteiger partial charge is 0.261 e. The van der Waals surface area contributed by atoms with Crippen LogP contribution in [0.5, 0.6) is 5.75 Å². The van der Waals surface area contributed by atoms with E-state index < -0.39 is 0 Å². The summed E-state index contributed by atoms with van der Waals surface area (Å²) in [6.45, 7) is 3.91. The van der Waals surface area contributed by atoms with Crippen LogP contribution in [0.4, 0.5) is 0 Å². The van der Waals surface area contributed by atoms with Gasteiger partial charge in [-0.25, -0.2) is 5.43 Å². The number of carbonyl (C=O) groups is 1. The van der Waals surface area contributed by atoms with Crippen LogP contribution in [0, 0.1) is 13.8 Å². The van der Waals surface area contributed by atoms with Crippen LogP contribution in [0.2, 0.25) is 0 Å². The number of phenolic OH excluding ortho intramolecular Hbond substituents is 1. The third-order valence-electron chi connectivity index (χ3n) is 2.69. The number of benzene rings is 1. The average molecular weight is 272 g/mol. The quantitative estimate of drug-likeness (QED) is 0.651. The number of rotatable bonds is 4. The summed E-state index contributed by atoms with van der Waals surface area (Å²) < 4.78 is 1.63. The molecule has 2 aromatic rings. The van der Waals surface area contributed by atoms with E-state index in [9.17, 15) is 4.79 Å². The Kier molecular flexibility index (Phi) is 4.14. The van der Waals surface area contributed by atoms with Gasteiger partial charge in [0.05, 0.1) is 11.9 Å². The Labute approximate surface area is 116 Å². The summed E-state index contributed by atoms with van der Waals surface area (Å²) in [5.41, 5.74) is 5.03. The lowest BCUT2D eigenvalue weighted by molar-refractivity contribution is -0.121. The van der Waals surface area contributed by atoms with Gasteiger partial charge in [-0.05, 0) is 49.7 Å². The van der Waals surface area contributed by atoms with E-state index in [0.29, 0.717) is 0 Å². The summed E-state index contributed by atoms with van der Waals surface area (Å²) in [4.78, 5) is 11.7. The molecule has 0 saturated carbocycles. The van der Waals surface area contributed by atoms with Crippen molar-refractivity contribution in [2.24, 2.45) is 5.10 Å². The fourth-order valence-electron chi connectivity index (χ4n) is 1.75. The number of carbonyl (C=O) groups excluding carboxylic acids is 1. The molecule has 1 heterocycles. The van der Waals surface area contributed by atoms with Crippen LogP contribution in [0.3, 0.4) is 0 Å². The first-order valence-electron chi connectivity index (χ1n) is 6.16. The molecule has 2 rings (SSSR count). The lowest BCUT2D eigenvalue weighted by Crippen LogP contribution is -2.24. The summed E-state index contributed by atoms with van der Waals surface area (Å²) >= 11 is 0. The molecular weight excluding hydrogens is 256 g/mol. The maximum Gasteiger partial charge on any atom is 0.261 e. The number of nitrogens with zero attached hydrogens (tertiary/aromatic N) is 3. The average Bonchev–Trinajstić information content (AvgIpc) is 2.70. The maximum absolute atomic E-state index is 11.7. The minimum Gasteiger partial charge on any atom is -0.508 e. The van der Waals surface area contributed by atoms with E-state index in [1.165, 1.54) is 6.21 Å². The molecule has 6 heteroatoms. The third-order valence-corrected chi connectivity index (χ3v) is 2.69. The summed E-state index contributed by atoms with van der Waals surface area (Å²) in [6.07, 6.45) is 1.51. The van der Waals surface area contributed by atoms with E-state index in [1.54, 1.807) is 28.9 Å². The van der Waals surface area contributed by atoms with Gasteiger partial charge in [0.1, 0.15) is 12.3 Å². The highest BCUT2D eigenvalue weighted by Gasteiger charge is 2.05. The molecule has 2 N–H and O–H groups in total. The van der Waals surface area contributed by atoms with Crippen molar-refractivity contribution in [3.05, 3.63) is 47.3 Å². The maximum atomic E-state index is 11.7. The molecule has 0 bridgehead atoms. The van der Waals surface area contributed by atoms with Crippen molar-refractivity contribution in [1.82, 2.24) is 15.2 Å². The second kappa shape index (κ2) is 6.01. The third kappa shape index (κ3) is 3.68. The second-order valence-electron chi connectivity index (χ2n) is 4.47. The van der Waals surface area contributed by atoms with Gasteiger partial charge in [-0.3, -0.25) is 9.48 Å². The topological polar surface area (TPSA) is 79.5 Å². The fraction of sp³-hybridized carbons (Fsp3) is 0.214. The predicted octanol–water partition coefficient (Wildman–Crippen LogP) is 1.36. The molecule has 1 amide bonds. The molecule has 0 fully saturated rings. The molecule has 1 aromatic carbocycles. The summed E-state index contributed by atoms with van der Waals surface area (Å²) in [6, 6.07) is 8.42. The van der Waals surface area contributed by atoms with Gasteiger partial charge in [-0.15, -0.1) is 0 Å². The van der Waals surface area contributed by atoms with Crippen molar-refractivity contribution in [3.63, 3.8) is 0 Å². The molecule has 104 valence electrons. The van der Waals surface area contributed by atoms with E-state index in [-0.39, 0.29) is 18.2 Å². The van der Waals surface area contributed by atoms with Gasteiger partial charge in [0.2, 0.25) is 0 Å². The molecule has 0 aliphatic rings. The first kappa shape index (κ1) is 13.8. The molecule has 0 atom stereocenters. The number of hydrogen-bond acceptors (Lipinski definition) is 4. The first-order chi connectivity index (χ1) is 9.54. The Bertz CT molecular complexity index is 629. The van der Waals surface area contributed by atoms with Crippen LogP contribution >= 0.6 is 0 Å². The van der Waals surface area contributed by atoms with Gasteiger partial charge in [0, 0.05) is 5.69 Å². The number of aryl methyl sites for hydroxylation is 2. The van der Waals surface area contributed by atoms with Gasteiger partial charge in [-0.1, -0.05) is 0 Å². The number of hydrogen-bond donors (Lipinski definition) is 2. The number of amides is 1. The second-order valence-corrected chi connectivity index (χ2v) is 4.47. The van der Waals surface area contributed by atoms with Gasteiger partial charge in [-0.2, -0.15) is 10.2 Å². The van der Waals surface area contributed by atoms with Crippen LogP contribution in [-0.4, -0.2) is 27.0 Å². The lowest BCUT2D eigenvalue weighted by atomic mass is 10.2. The minimum absolute atomic E-state index is 0.132. The SMILES string of the molecule is Cc1cc(C)n(CC(=O)NN=Cc2ccc(O)cc2)n1. The molecular formula is C14H16N4O2. The molecule has 0 aliphatic heterocycles. The van der Waals surface area contributed by atoms with Crippen molar-refractivity contribution >= 4 is 12.1 Å². The Morgan fingerprint density at radius 1 is 1.40 bits per heavy atom. The molecule has 20 heavy (non-hydrogen) atoms. The monoisotopic (exact) mass is 272 g/mol. The van der Waals surface area contributed by atoms with Crippen molar-refractivity contribution in [1.29, 1.82) is 0 Å². The van der Waals surface area contributed by atoms with Gasteiger partial charge in [0.25, 0.3) is 5.91 Å². The van der Waals surface area contributed by atoms with Crippen LogP contribution in [0.1, 0.15) is 17.0 Å². The van der Waals surface area contributed by atoms with E-state index in [4.69, 9.17) is 5.11 Å². The number of nitrogens with one attached hydrogen (secondary N) is 1. The molecule has 0 unspecified atom stereocenters. The standard InChI is InChI=1S/C14H16N4O2/c1-10-7-11(2)18(17-10)9-14(20)16-15-8-12-3-5-13(19)6-4-12/h3-8,19H,9H2,1-2H3,(H,16,20). The zero-order valence-corrected chi connectivity index (χ0v) is 11.4. The Morgan fingerprint density at radius 2 is 2.10 bits per heavy atom. The Hall–Kier alpha value is -2.63. The number of aromatic hydroxyl groups is 1. The summed E-state index contributed by atoms with van der Waals surface area (Å²) in [7, 11) is 0. The molecule has 0 spiro atoms. The summed E-state index contributed by atoms with van der Waals surface area (Å²) in [5, 5.41) is 17.2. The van der Waals surface area contributed by atoms with Crippen molar-refractivity contribution < 1.29 is 9.90 Å². The van der Waals surface area contributed by atoms with Crippen molar-refractivity contribution in [2.45, 2.75) is 20.4 Å². The fourth-order valence-corrected chi connectivity index (χ4v) is 1.75. The zero-order valence-electron chi connectivity index (χ0n) is 11.4. The normalized spacial score (nSPS) is 10.9. The highest BCUT2D eigenvalue weighted by atomic mass is 16.3. The van der Waals surface area contributed by atoms with Crippen molar-refractivity contribution in [2.75, 3.05) is 0 Å². The Morgan fingerprint density at radius 3 is 2.70 bits per heavy atom. The zero-order chi connectivity index (χ0) is 14.5. The molecule has 0 radical (unpaired) electrons. The van der Waals surface area contributed by atoms with E-state index in [2.05, 4.69) is 15.6 Å². The van der Waals surface area contributed by atoms with Gasteiger partial charge in [0.15, 0.2) is 0 Å². The van der Waals surface area contributed by atoms with Crippen LogP contribution in [-0.2, 0) is 11.3 Å². The lowest BCUT2D eigenvalue weighted by Gasteiger charge is -2.02. The number of aromatic nitrogens is 2. The molecule has 6 nitrogen and oxygen atoms in total.